The van der Waals surface area contributed by atoms with Crippen LogP contribution >= 0.6 is 0 Å². The Kier molecular flexibility index (Phi) is 3.60. The molecule has 94 valence electrons. The van der Waals surface area contributed by atoms with Crippen LogP contribution < -0.4 is 4.90 Å². The third-order valence-electron chi connectivity index (χ3n) is 4.27. The van der Waals surface area contributed by atoms with E-state index >= 15 is 0 Å². The molecule has 1 saturated heterocycles. The topological polar surface area (TPSA) is 29.0 Å². The van der Waals surface area contributed by atoms with E-state index in [4.69, 9.17) is 0 Å². The van der Waals surface area contributed by atoms with E-state index in [2.05, 4.69) is 28.7 Å². The number of aromatic nitrogens is 2. The number of hydrogen-bond acceptors (Lipinski definition) is 3. The Labute approximate surface area is 102 Å². The molecule has 0 saturated carbocycles. The fraction of sp³-hybridized carbons (Fsp3) is 0.692. The molecule has 0 radical (unpaired) electrons. The third kappa shape index (κ3) is 2.56. The summed E-state index contributed by atoms with van der Waals surface area (Å²) in [5, 5.41) is 0. The quantitative estimate of drug-likeness (QED) is 0.757. The summed E-state index contributed by atoms with van der Waals surface area (Å²) in [6, 6.07) is 1.42. The number of hydrogen-bond donors (Lipinski definition) is 0. The first-order valence-electron chi connectivity index (χ1n) is 6.41. The highest BCUT2D eigenvalue weighted by atomic mass is 19.1. The Hall–Kier alpha value is -1.19. The minimum absolute atomic E-state index is 0.446. The van der Waals surface area contributed by atoms with Gasteiger partial charge >= 0.3 is 0 Å². The van der Waals surface area contributed by atoms with E-state index in [1.807, 2.05) is 0 Å². The summed E-state index contributed by atoms with van der Waals surface area (Å²) in [5.74, 6) is 0.274. The van der Waals surface area contributed by atoms with Gasteiger partial charge in [0.1, 0.15) is 12.1 Å². The molecule has 1 aromatic heterocycles. The number of piperidine rings is 1. The first-order chi connectivity index (χ1) is 8.19. The van der Waals surface area contributed by atoms with Crippen molar-refractivity contribution in [2.45, 2.75) is 39.5 Å². The summed E-state index contributed by atoms with van der Waals surface area (Å²) in [4.78, 5) is 9.79. The Morgan fingerprint density at radius 1 is 1.24 bits per heavy atom. The average Bonchev–Trinajstić information content (AvgIpc) is 2.39. The van der Waals surface area contributed by atoms with Crippen molar-refractivity contribution in [3.8, 4) is 0 Å². The lowest BCUT2D eigenvalue weighted by Crippen LogP contribution is -2.40. The van der Waals surface area contributed by atoms with E-state index in [-0.39, 0.29) is 0 Å². The van der Waals surface area contributed by atoms with Gasteiger partial charge in [0.05, 0.1) is 0 Å². The van der Waals surface area contributed by atoms with Crippen molar-refractivity contribution < 1.29 is 4.39 Å². The van der Waals surface area contributed by atoms with Gasteiger partial charge in [0.2, 0.25) is 5.95 Å². The van der Waals surface area contributed by atoms with Gasteiger partial charge in [0.15, 0.2) is 0 Å². The van der Waals surface area contributed by atoms with Gasteiger partial charge in [-0.15, -0.1) is 0 Å². The second-order valence-electron chi connectivity index (χ2n) is 4.89. The van der Waals surface area contributed by atoms with Crippen molar-refractivity contribution in [2.75, 3.05) is 18.0 Å². The molecule has 0 bridgehead atoms. The molecule has 0 amide bonds. The molecule has 1 aliphatic heterocycles. The smallest absolute Gasteiger partial charge is 0.218 e. The molecule has 0 atom stereocenters. The average molecular weight is 237 g/mol. The van der Waals surface area contributed by atoms with Gasteiger partial charge in [-0.2, -0.15) is 4.39 Å². The SMILES string of the molecule is CCC1(CC)CCN(c2cc(F)ncn2)CC1. The Morgan fingerprint density at radius 2 is 1.88 bits per heavy atom. The summed E-state index contributed by atoms with van der Waals surface area (Å²) < 4.78 is 13.0. The van der Waals surface area contributed by atoms with Crippen LogP contribution in [0.4, 0.5) is 10.2 Å². The lowest BCUT2D eigenvalue weighted by atomic mass is 9.74. The van der Waals surface area contributed by atoms with Crippen molar-refractivity contribution in [1.82, 2.24) is 9.97 Å². The normalized spacial score (nSPS) is 19.4. The standard InChI is InChI=1S/C13H20FN3/c1-3-13(4-2)5-7-17(8-6-13)12-9-11(14)15-10-16-12/h9-10H,3-8H2,1-2H3. The summed E-state index contributed by atoms with van der Waals surface area (Å²) in [6.45, 7) is 6.48. The molecule has 1 aromatic rings. The van der Waals surface area contributed by atoms with Gasteiger partial charge in [-0.3, -0.25) is 0 Å². The van der Waals surface area contributed by atoms with Crippen molar-refractivity contribution in [2.24, 2.45) is 5.41 Å². The van der Waals surface area contributed by atoms with Crippen LogP contribution in [0, 0.1) is 11.4 Å². The Bertz CT molecular complexity index is 367. The van der Waals surface area contributed by atoms with Crippen LogP contribution in [0.15, 0.2) is 12.4 Å². The van der Waals surface area contributed by atoms with Crippen molar-refractivity contribution >= 4 is 5.82 Å². The molecule has 3 nitrogen and oxygen atoms in total. The number of nitrogens with zero attached hydrogens (tertiary/aromatic N) is 3. The lowest BCUT2D eigenvalue weighted by molar-refractivity contribution is 0.199. The molecule has 17 heavy (non-hydrogen) atoms. The maximum Gasteiger partial charge on any atom is 0.218 e. The van der Waals surface area contributed by atoms with E-state index in [1.165, 1.54) is 38.1 Å². The lowest BCUT2D eigenvalue weighted by Gasteiger charge is -2.41. The zero-order chi connectivity index (χ0) is 12.3. The first-order valence-corrected chi connectivity index (χ1v) is 6.41. The van der Waals surface area contributed by atoms with Crippen LogP contribution in [-0.2, 0) is 0 Å². The minimum atomic E-state index is -0.446. The van der Waals surface area contributed by atoms with Crippen LogP contribution in [-0.4, -0.2) is 23.1 Å². The predicted molar refractivity (Wildman–Crippen MR) is 66.5 cm³/mol. The summed E-state index contributed by atoms with van der Waals surface area (Å²) in [7, 11) is 0. The summed E-state index contributed by atoms with van der Waals surface area (Å²) >= 11 is 0. The highest BCUT2D eigenvalue weighted by molar-refractivity contribution is 5.37. The van der Waals surface area contributed by atoms with Crippen LogP contribution in [0.1, 0.15) is 39.5 Å². The maximum atomic E-state index is 13.0. The van der Waals surface area contributed by atoms with Gasteiger partial charge in [0.25, 0.3) is 0 Å². The second kappa shape index (κ2) is 4.98. The van der Waals surface area contributed by atoms with Crippen LogP contribution in [0.5, 0.6) is 0 Å². The molecule has 0 spiro atoms. The molecule has 1 aliphatic rings. The number of halogens is 1. The van der Waals surface area contributed by atoms with E-state index < -0.39 is 5.95 Å². The molecule has 1 fully saturated rings. The number of rotatable bonds is 3. The molecule has 4 heteroatoms. The Morgan fingerprint density at radius 3 is 2.41 bits per heavy atom. The molecule has 2 rings (SSSR count). The van der Waals surface area contributed by atoms with Crippen LogP contribution in [0.2, 0.25) is 0 Å². The van der Waals surface area contributed by atoms with Crippen molar-refractivity contribution in [3.63, 3.8) is 0 Å². The predicted octanol–water partition coefficient (Wildman–Crippen LogP) is 3.02. The zero-order valence-corrected chi connectivity index (χ0v) is 10.6. The molecule has 2 heterocycles. The summed E-state index contributed by atoms with van der Waals surface area (Å²) in [6.07, 6.45) is 6.11. The minimum Gasteiger partial charge on any atom is -0.356 e. The molecule has 0 aromatic carbocycles. The molecular weight excluding hydrogens is 217 g/mol. The zero-order valence-electron chi connectivity index (χ0n) is 10.6. The number of anilines is 1. The van der Waals surface area contributed by atoms with E-state index in [0.717, 1.165) is 18.9 Å². The molecule has 0 N–H and O–H groups in total. The third-order valence-corrected chi connectivity index (χ3v) is 4.27. The molecule has 0 unspecified atom stereocenters. The fourth-order valence-electron chi connectivity index (χ4n) is 2.66. The van der Waals surface area contributed by atoms with Gasteiger partial charge < -0.3 is 4.90 Å². The van der Waals surface area contributed by atoms with Crippen LogP contribution in [0.3, 0.4) is 0 Å². The van der Waals surface area contributed by atoms with Gasteiger partial charge in [-0.1, -0.05) is 26.7 Å². The highest BCUT2D eigenvalue weighted by Crippen LogP contribution is 2.38. The van der Waals surface area contributed by atoms with Gasteiger partial charge in [-0.25, -0.2) is 9.97 Å². The van der Waals surface area contributed by atoms with Crippen molar-refractivity contribution in [3.05, 3.63) is 18.3 Å². The second-order valence-corrected chi connectivity index (χ2v) is 4.89. The van der Waals surface area contributed by atoms with Gasteiger partial charge in [0, 0.05) is 19.2 Å². The first kappa shape index (κ1) is 12.3. The maximum absolute atomic E-state index is 13.0. The highest BCUT2D eigenvalue weighted by Gasteiger charge is 2.31. The Balaban J connectivity index is 2.04. The monoisotopic (exact) mass is 237 g/mol. The largest absolute Gasteiger partial charge is 0.356 e. The molecular formula is C13H20FN3. The van der Waals surface area contributed by atoms with E-state index in [1.54, 1.807) is 0 Å². The summed E-state index contributed by atoms with van der Waals surface area (Å²) in [5.41, 5.74) is 0.488. The fourth-order valence-corrected chi connectivity index (χ4v) is 2.66. The van der Waals surface area contributed by atoms with Crippen LogP contribution in [0.25, 0.3) is 0 Å². The van der Waals surface area contributed by atoms with E-state index in [0.29, 0.717) is 5.41 Å². The van der Waals surface area contributed by atoms with E-state index in [9.17, 15) is 4.39 Å². The molecule has 0 aliphatic carbocycles. The van der Waals surface area contributed by atoms with Crippen molar-refractivity contribution in [1.29, 1.82) is 0 Å². The van der Waals surface area contributed by atoms with Gasteiger partial charge in [-0.05, 0) is 18.3 Å².